The van der Waals surface area contributed by atoms with E-state index in [1.165, 1.54) is 12.1 Å². The molecule has 0 radical (unpaired) electrons. The van der Waals surface area contributed by atoms with E-state index in [2.05, 4.69) is 10.3 Å². The first-order valence-electron chi connectivity index (χ1n) is 12.7. The van der Waals surface area contributed by atoms with Gasteiger partial charge in [0.2, 0.25) is 5.88 Å². The Bertz CT molecular complexity index is 1200. The zero-order valence-corrected chi connectivity index (χ0v) is 21.0. The second-order valence-corrected chi connectivity index (χ2v) is 9.90. The van der Waals surface area contributed by atoms with Gasteiger partial charge >= 0.3 is 12.2 Å². The lowest BCUT2D eigenvalue weighted by atomic mass is 9.66. The second-order valence-electron chi connectivity index (χ2n) is 9.90. The topological polar surface area (TPSA) is 87.2 Å². The van der Waals surface area contributed by atoms with Crippen molar-refractivity contribution < 1.29 is 36.9 Å². The van der Waals surface area contributed by atoms with E-state index in [-0.39, 0.29) is 44.2 Å². The Labute approximate surface area is 217 Å². The van der Waals surface area contributed by atoms with Crippen LogP contribution in [0.2, 0.25) is 0 Å². The number of ether oxygens (including phenoxy) is 2. The van der Waals surface area contributed by atoms with E-state index in [0.717, 1.165) is 4.90 Å². The summed E-state index contributed by atoms with van der Waals surface area (Å²) in [5.41, 5.74) is -0.661. The Kier molecular flexibility index (Phi) is 7.12. The van der Waals surface area contributed by atoms with Gasteiger partial charge in [0.15, 0.2) is 0 Å². The molecule has 3 aliphatic rings. The van der Waals surface area contributed by atoms with Gasteiger partial charge in [-0.25, -0.2) is 9.18 Å². The maximum Gasteiger partial charge on any atom is 0.412 e. The van der Waals surface area contributed by atoms with E-state index in [0.29, 0.717) is 55.2 Å². The van der Waals surface area contributed by atoms with E-state index in [4.69, 9.17) is 9.47 Å². The third kappa shape index (κ3) is 4.64. The number of fused-ring (bicyclic) bond motifs is 1. The molecule has 1 aliphatic carbocycles. The van der Waals surface area contributed by atoms with Gasteiger partial charge in [-0.1, -0.05) is 0 Å². The summed E-state index contributed by atoms with van der Waals surface area (Å²) in [5, 5.41) is 11.6. The van der Waals surface area contributed by atoms with Crippen molar-refractivity contribution in [2.75, 3.05) is 56.3 Å². The number of hydrogen-bond acceptors (Lipinski definition) is 6. The van der Waals surface area contributed by atoms with Crippen LogP contribution in [0.15, 0.2) is 24.3 Å². The van der Waals surface area contributed by atoms with Crippen LogP contribution < -0.4 is 15.0 Å². The molecule has 1 aromatic heterocycles. The molecule has 0 bridgehead atoms. The van der Waals surface area contributed by atoms with Crippen molar-refractivity contribution in [1.82, 2.24) is 9.88 Å². The van der Waals surface area contributed by atoms with Gasteiger partial charge in [-0.15, -0.1) is 0 Å². The number of nitrogens with zero attached hydrogens (tertiary/aromatic N) is 3. The number of benzene rings is 1. The number of carbonyl (C=O) groups is 1. The number of anilines is 2. The standard InChI is InChI=1S/C26H30F4N4O4/c1-16-12-20(27)21(31-24(36)34-5-3-18-2-4-25(18,34)26(28,29)30)15-19(16)17-13-22(33-6-9-37-10-7-33)32-23(14-17)38-11-8-35/h12-15,18,35H,2-11H2,1H3,(H,31,36). The van der Waals surface area contributed by atoms with Crippen LogP contribution in [0.25, 0.3) is 11.1 Å². The first-order valence-corrected chi connectivity index (χ1v) is 12.7. The molecular weight excluding hydrogens is 508 g/mol. The number of nitrogens with one attached hydrogen (secondary N) is 1. The van der Waals surface area contributed by atoms with Gasteiger partial charge in [0.05, 0.1) is 25.5 Å². The molecule has 8 nitrogen and oxygen atoms in total. The molecule has 2 aliphatic heterocycles. The van der Waals surface area contributed by atoms with Gasteiger partial charge in [-0.2, -0.15) is 18.2 Å². The summed E-state index contributed by atoms with van der Waals surface area (Å²) in [5.74, 6) is -0.510. The molecule has 2 N–H and O–H groups in total. The third-order valence-corrected chi connectivity index (χ3v) is 7.80. The van der Waals surface area contributed by atoms with Crippen molar-refractivity contribution in [3.63, 3.8) is 0 Å². The van der Waals surface area contributed by atoms with Crippen LogP contribution in [-0.2, 0) is 4.74 Å². The highest BCUT2D eigenvalue weighted by Gasteiger charge is 2.70. The highest BCUT2D eigenvalue weighted by molar-refractivity contribution is 5.92. The minimum atomic E-state index is -4.56. The zero-order chi connectivity index (χ0) is 27.1. The number of halogens is 4. The smallest absolute Gasteiger partial charge is 0.412 e. The SMILES string of the molecule is Cc1cc(F)c(NC(=O)N2CCC3CCC32C(F)(F)F)cc1-c1cc(OCCO)nc(N2CCOCC2)c1. The Morgan fingerprint density at radius 1 is 1.21 bits per heavy atom. The fourth-order valence-corrected chi connectivity index (χ4v) is 5.74. The van der Waals surface area contributed by atoms with E-state index >= 15 is 0 Å². The molecule has 3 heterocycles. The minimum absolute atomic E-state index is 0.0283. The molecule has 0 spiro atoms. The Morgan fingerprint density at radius 2 is 1.97 bits per heavy atom. The van der Waals surface area contributed by atoms with Gasteiger partial charge < -0.3 is 29.7 Å². The summed E-state index contributed by atoms with van der Waals surface area (Å²) in [6.07, 6.45) is -4.01. The molecule has 12 heteroatoms. The van der Waals surface area contributed by atoms with Crippen LogP contribution in [0.5, 0.6) is 5.88 Å². The molecular formula is C26H30F4N4O4. The number of rotatable bonds is 6. The monoisotopic (exact) mass is 538 g/mol. The van der Waals surface area contributed by atoms with Gasteiger partial charge in [-0.05, 0) is 67.0 Å². The Hall–Kier alpha value is -3.12. The van der Waals surface area contributed by atoms with Crippen molar-refractivity contribution in [3.05, 3.63) is 35.6 Å². The van der Waals surface area contributed by atoms with Crippen LogP contribution in [0.4, 0.5) is 33.9 Å². The average Bonchev–Trinajstić information content (AvgIpc) is 3.14. The maximum atomic E-state index is 15.0. The van der Waals surface area contributed by atoms with E-state index in [1.807, 2.05) is 4.90 Å². The quantitative estimate of drug-likeness (QED) is 0.532. The second kappa shape index (κ2) is 10.2. The van der Waals surface area contributed by atoms with E-state index in [1.54, 1.807) is 19.1 Å². The number of hydrogen-bond donors (Lipinski definition) is 2. The molecule has 2 saturated heterocycles. The van der Waals surface area contributed by atoms with Crippen LogP contribution in [0.3, 0.4) is 0 Å². The fraction of sp³-hybridized carbons (Fsp3) is 0.538. The van der Waals surface area contributed by atoms with Crippen molar-refractivity contribution in [2.45, 2.75) is 37.9 Å². The minimum Gasteiger partial charge on any atom is -0.475 e. The summed E-state index contributed by atoms with van der Waals surface area (Å²) in [7, 11) is 0. The summed E-state index contributed by atoms with van der Waals surface area (Å²) in [4.78, 5) is 20.4. The van der Waals surface area contributed by atoms with Crippen LogP contribution in [-0.4, -0.2) is 78.8 Å². The van der Waals surface area contributed by atoms with Crippen molar-refractivity contribution in [1.29, 1.82) is 0 Å². The van der Waals surface area contributed by atoms with Gasteiger partial charge in [0.25, 0.3) is 0 Å². The van der Waals surface area contributed by atoms with E-state index < -0.39 is 29.5 Å². The number of morpholine rings is 1. The molecule has 2 aromatic rings. The zero-order valence-electron chi connectivity index (χ0n) is 21.0. The highest BCUT2D eigenvalue weighted by atomic mass is 19.4. The lowest BCUT2D eigenvalue weighted by Crippen LogP contribution is -2.65. The van der Waals surface area contributed by atoms with Crippen LogP contribution in [0.1, 0.15) is 24.8 Å². The molecule has 38 heavy (non-hydrogen) atoms. The number of aromatic nitrogens is 1. The maximum absolute atomic E-state index is 15.0. The highest BCUT2D eigenvalue weighted by Crippen LogP contribution is 2.58. The lowest BCUT2D eigenvalue weighted by molar-refractivity contribution is -0.252. The predicted octanol–water partition coefficient (Wildman–Crippen LogP) is 4.35. The van der Waals surface area contributed by atoms with E-state index in [9.17, 15) is 27.5 Å². The molecule has 2 unspecified atom stereocenters. The number of amides is 2. The molecule has 1 saturated carbocycles. The first kappa shape index (κ1) is 26.5. The van der Waals surface area contributed by atoms with Crippen LogP contribution >= 0.6 is 0 Å². The number of urea groups is 1. The third-order valence-electron chi connectivity index (χ3n) is 7.80. The number of aliphatic hydroxyl groups excluding tert-OH is 1. The van der Waals surface area contributed by atoms with Gasteiger partial charge in [0, 0.05) is 25.7 Å². The molecule has 206 valence electrons. The van der Waals surface area contributed by atoms with Crippen LogP contribution in [0, 0.1) is 18.7 Å². The fourth-order valence-electron chi connectivity index (χ4n) is 5.74. The summed E-state index contributed by atoms with van der Waals surface area (Å²) < 4.78 is 67.9. The Morgan fingerprint density at radius 3 is 2.63 bits per heavy atom. The predicted molar refractivity (Wildman–Crippen MR) is 132 cm³/mol. The van der Waals surface area contributed by atoms with Crippen molar-refractivity contribution in [2.24, 2.45) is 5.92 Å². The molecule has 5 rings (SSSR count). The van der Waals surface area contributed by atoms with Crippen molar-refractivity contribution in [3.8, 4) is 17.0 Å². The van der Waals surface area contributed by atoms with Gasteiger partial charge in [-0.3, -0.25) is 0 Å². The molecule has 3 fully saturated rings. The normalized spacial score (nSPS) is 23.2. The summed E-state index contributed by atoms with van der Waals surface area (Å²) in [6.45, 7) is 3.76. The number of aliphatic hydroxyl groups is 1. The molecule has 2 amide bonds. The lowest BCUT2D eigenvalue weighted by Gasteiger charge is -2.50. The average molecular weight is 539 g/mol. The number of likely N-dealkylation sites (tertiary alicyclic amines) is 1. The van der Waals surface area contributed by atoms with Crippen molar-refractivity contribution >= 4 is 17.5 Å². The van der Waals surface area contributed by atoms with Gasteiger partial charge in [0.1, 0.15) is 23.8 Å². The number of alkyl halides is 3. The number of pyridine rings is 1. The summed E-state index contributed by atoms with van der Waals surface area (Å²) >= 11 is 0. The number of carbonyl (C=O) groups excluding carboxylic acids is 1. The number of aryl methyl sites for hydroxylation is 1. The summed E-state index contributed by atoms with van der Waals surface area (Å²) in [6, 6.07) is 5.15. The first-order chi connectivity index (χ1) is 18.1. The largest absolute Gasteiger partial charge is 0.475 e. The molecule has 1 aromatic carbocycles. The Balaban J connectivity index is 1.46. The molecule has 2 atom stereocenters.